The van der Waals surface area contributed by atoms with Gasteiger partial charge in [-0.25, -0.2) is 18.8 Å². The molecular formula is C23H18F3N5O2S. The molecular weight excluding hydrogens is 467 g/mol. The van der Waals surface area contributed by atoms with Crippen LogP contribution in [-0.4, -0.2) is 20.0 Å². The number of rotatable bonds is 5. The standard InChI is InChI=1S/C23H18F3N5O2S/c24-23(25,26)16-7-4-8-17(13-16)28-22(32)29-21-14-20(15-5-2-1-3-6-15)31(30-21)18-9-11-19(12-10-18)34(27)33/h1-14H,27H2,(H2,28,29,30,32). The number of nitrogens with zero attached hydrogens (tertiary/aromatic N) is 2. The number of halogens is 3. The van der Waals surface area contributed by atoms with E-state index in [0.29, 0.717) is 16.3 Å². The highest BCUT2D eigenvalue weighted by Gasteiger charge is 2.30. The summed E-state index contributed by atoms with van der Waals surface area (Å²) in [6.07, 6.45) is -4.52. The normalized spacial score (nSPS) is 12.2. The SMILES string of the molecule is NS(=O)c1ccc(-n2nc(NC(=O)Nc3cccc(C(F)(F)F)c3)cc2-c2ccccc2)cc1. The van der Waals surface area contributed by atoms with E-state index in [0.717, 1.165) is 17.7 Å². The summed E-state index contributed by atoms with van der Waals surface area (Å²) in [6, 6.07) is 21.1. The second-order valence-electron chi connectivity index (χ2n) is 7.14. The predicted molar refractivity (Wildman–Crippen MR) is 124 cm³/mol. The van der Waals surface area contributed by atoms with Crippen LogP contribution in [0.2, 0.25) is 0 Å². The van der Waals surface area contributed by atoms with E-state index in [-0.39, 0.29) is 11.5 Å². The summed E-state index contributed by atoms with van der Waals surface area (Å²) < 4.78 is 51.8. The molecule has 0 radical (unpaired) electrons. The number of aromatic nitrogens is 2. The molecule has 0 aliphatic heterocycles. The molecule has 0 spiro atoms. The number of carbonyl (C=O) groups is 1. The number of urea groups is 1. The van der Waals surface area contributed by atoms with Gasteiger partial charge in [-0.05, 0) is 42.5 Å². The van der Waals surface area contributed by atoms with Gasteiger partial charge in [0.25, 0.3) is 0 Å². The Labute approximate surface area is 195 Å². The fourth-order valence-corrected chi connectivity index (χ4v) is 3.63. The van der Waals surface area contributed by atoms with Crippen molar-refractivity contribution in [3.63, 3.8) is 0 Å². The predicted octanol–water partition coefficient (Wildman–Crippen LogP) is 5.18. The van der Waals surface area contributed by atoms with Gasteiger partial charge in [-0.15, -0.1) is 5.10 Å². The van der Waals surface area contributed by atoms with Crippen molar-refractivity contribution in [2.75, 3.05) is 10.6 Å². The molecule has 34 heavy (non-hydrogen) atoms. The molecule has 3 aromatic carbocycles. The van der Waals surface area contributed by atoms with Crippen LogP contribution in [0.15, 0.2) is 89.8 Å². The fraction of sp³-hybridized carbons (Fsp3) is 0.0435. The van der Waals surface area contributed by atoms with E-state index in [1.54, 1.807) is 35.0 Å². The van der Waals surface area contributed by atoms with Gasteiger partial charge in [0.05, 0.1) is 21.8 Å². The van der Waals surface area contributed by atoms with E-state index >= 15 is 0 Å². The number of amides is 2. The molecule has 0 saturated heterocycles. The molecule has 1 aromatic heterocycles. The first-order chi connectivity index (χ1) is 16.2. The molecule has 0 fully saturated rings. The topological polar surface area (TPSA) is 102 Å². The number of carbonyl (C=O) groups excluding carboxylic acids is 1. The lowest BCUT2D eigenvalue weighted by Crippen LogP contribution is -2.20. The zero-order valence-corrected chi connectivity index (χ0v) is 18.2. The maximum absolute atomic E-state index is 12.9. The van der Waals surface area contributed by atoms with Gasteiger partial charge < -0.3 is 5.32 Å². The highest BCUT2D eigenvalue weighted by molar-refractivity contribution is 7.82. The van der Waals surface area contributed by atoms with Crippen molar-refractivity contribution in [3.8, 4) is 16.9 Å². The van der Waals surface area contributed by atoms with Crippen molar-refractivity contribution in [1.29, 1.82) is 0 Å². The Kier molecular flexibility index (Phi) is 6.48. The van der Waals surface area contributed by atoms with E-state index in [1.165, 1.54) is 12.1 Å². The Hall–Kier alpha value is -3.96. The number of nitrogens with two attached hydrogens (primary N) is 1. The summed E-state index contributed by atoms with van der Waals surface area (Å²) in [4.78, 5) is 12.9. The molecule has 7 nitrogen and oxygen atoms in total. The summed E-state index contributed by atoms with van der Waals surface area (Å²) in [6.45, 7) is 0. The fourth-order valence-electron chi connectivity index (χ4n) is 3.23. The van der Waals surface area contributed by atoms with Crippen LogP contribution in [0.3, 0.4) is 0 Å². The van der Waals surface area contributed by atoms with E-state index in [9.17, 15) is 22.2 Å². The largest absolute Gasteiger partial charge is 0.416 e. The van der Waals surface area contributed by atoms with Crippen LogP contribution in [0.4, 0.5) is 29.5 Å². The van der Waals surface area contributed by atoms with Crippen molar-refractivity contribution in [2.24, 2.45) is 5.14 Å². The van der Waals surface area contributed by atoms with Crippen molar-refractivity contribution in [1.82, 2.24) is 9.78 Å². The molecule has 0 bridgehead atoms. The Morgan fingerprint density at radius 2 is 1.62 bits per heavy atom. The molecule has 2 amide bonds. The molecule has 1 unspecified atom stereocenters. The van der Waals surface area contributed by atoms with Gasteiger partial charge in [0.1, 0.15) is 11.0 Å². The molecule has 11 heteroatoms. The Morgan fingerprint density at radius 3 is 2.26 bits per heavy atom. The minimum atomic E-state index is -4.52. The van der Waals surface area contributed by atoms with Crippen molar-refractivity contribution < 1.29 is 22.2 Å². The smallest absolute Gasteiger partial charge is 0.308 e. The van der Waals surface area contributed by atoms with E-state index < -0.39 is 28.8 Å². The first kappa shape index (κ1) is 23.2. The molecule has 4 aromatic rings. The van der Waals surface area contributed by atoms with Crippen LogP contribution in [0, 0.1) is 0 Å². The van der Waals surface area contributed by atoms with Crippen LogP contribution in [0.25, 0.3) is 16.9 Å². The Bertz CT molecular complexity index is 1340. The van der Waals surface area contributed by atoms with E-state index in [1.807, 2.05) is 30.3 Å². The molecule has 4 N–H and O–H groups in total. The summed E-state index contributed by atoms with van der Waals surface area (Å²) in [5, 5.41) is 14.8. The third kappa shape index (κ3) is 5.33. The van der Waals surface area contributed by atoms with Crippen molar-refractivity contribution in [3.05, 3.63) is 90.5 Å². The van der Waals surface area contributed by atoms with Crippen molar-refractivity contribution in [2.45, 2.75) is 11.1 Å². The van der Waals surface area contributed by atoms with E-state index in [2.05, 4.69) is 15.7 Å². The zero-order chi connectivity index (χ0) is 24.3. The molecule has 1 atom stereocenters. The summed E-state index contributed by atoms with van der Waals surface area (Å²) in [5.41, 5.74) is 1.20. The lowest BCUT2D eigenvalue weighted by molar-refractivity contribution is -0.137. The average Bonchev–Trinajstić information content (AvgIpc) is 3.23. The zero-order valence-electron chi connectivity index (χ0n) is 17.4. The quantitative estimate of drug-likeness (QED) is 0.363. The maximum Gasteiger partial charge on any atom is 0.416 e. The second kappa shape index (κ2) is 9.49. The lowest BCUT2D eigenvalue weighted by Gasteiger charge is -2.10. The monoisotopic (exact) mass is 485 g/mol. The molecule has 0 aliphatic rings. The summed E-state index contributed by atoms with van der Waals surface area (Å²) in [7, 11) is -1.63. The summed E-state index contributed by atoms with van der Waals surface area (Å²) in [5.74, 6) is 0.176. The highest BCUT2D eigenvalue weighted by atomic mass is 32.2. The number of hydrogen-bond acceptors (Lipinski definition) is 3. The van der Waals surface area contributed by atoms with Crippen LogP contribution in [-0.2, 0) is 17.2 Å². The van der Waals surface area contributed by atoms with Crippen LogP contribution < -0.4 is 15.8 Å². The van der Waals surface area contributed by atoms with Gasteiger partial charge in [0, 0.05) is 17.3 Å². The number of nitrogens with one attached hydrogen (secondary N) is 2. The van der Waals surface area contributed by atoms with Gasteiger partial charge in [0.15, 0.2) is 5.82 Å². The van der Waals surface area contributed by atoms with Crippen molar-refractivity contribution >= 4 is 28.5 Å². The van der Waals surface area contributed by atoms with Gasteiger partial charge in [-0.1, -0.05) is 36.4 Å². The number of anilines is 2. The minimum absolute atomic E-state index is 0.0135. The first-order valence-electron chi connectivity index (χ1n) is 9.88. The molecule has 4 rings (SSSR count). The molecule has 174 valence electrons. The summed E-state index contributed by atoms with van der Waals surface area (Å²) >= 11 is 0. The van der Waals surface area contributed by atoms with Gasteiger partial charge in [-0.3, -0.25) is 5.32 Å². The molecule has 0 aliphatic carbocycles. The van der Waals surface area contributed by atoms with Gasteiger partial charge in [-0.2, -0.15) is 13.2 Å². The number of benzene rings is 3. The third-order valence-corrected chi connectivity index (χ3v) is 5.52. The number of alkyl halides is 3. The Balaban J connectivity index is 1.61. The highest BCUT2D eigenvalue weighted by Crippen LogP contribution is 2.31. The van der Waals surface area contributed by atoms with E-state index in [4.69, 9.17) is 5.14 Å². The third-order valence-electron chi connectivity index (χ3n) is 4.78. The Morgan fingerprint density at radius 1 is 0.912 bits per heavy atom. The lowest BCUT2D eigenvalue weighted by atomic mass is 10.1. The second-order valence-corrected chi connectivity index (χ2v) is 8.21. The minimum Gasteiger partial charge on any atom is -0.308 e. The van der Waals surface area contributed by atoms with Crippen LogP contribution in [0.1, 0.15) is 5.56 Å². The molecule has 1 heterocycles. The molecule has 0 saturated carbocycles. The first-order valence-corrected chi connectivity index (χ1v) is 11.1. The maximum atomic E-state index is 12.9. The van der Waals surface area contributed by atoms with Crippen LogP contribution in [0.5, 0.6) is 0 Å². The van der Waals surface area contributed by atoms with Crippen LogP contribution >= 0.6 is 0 Å². The van der Waals surface area contributed by atoms with Gasteiger partial charge >= 0.3 is 12.2 Å². The van der Waals surface area contributed by atoms with Gasteiger partial charge in [0.2, 0.25) is 0 Å². The number of hydrogen-bond donors (Lipinski definition) is 3. The average molecular weight is 485 g/mol.